The van der Waals surface area contributed by atoms with Crippen LogP contribution in [0.5, 0.6) is 0 Å². The summed E-state index contributed by atoms with van der Waals surface area (Å²) >= 11 is 5.87. The number of rotatable bonds is 3. The first-order valence-electron chi connectivity index (χ1n) is 6.69. The molecule has 1 saturated heterocycles. The minimum absolute atomic E-state index is 0.0183. The highest BCUT2D eigenvalue weighted by Gasteiger charge is 2.47. The number of carbonyl (C=O) groups is 1. The van der Waals surface area contributed by atoms with Gasteiger partial charge in [-0.05, 0) is 37.0 Å². The summed E-state index contributed by atoms with van der Waals surface area (Å²) in [5, 5.41) is 3.70. The zero-order valence-corrected chi connectivity index (χ0v) is 12.5. The maximum absolute atomic E-state index is 12.2. The number of benzene rings is 1. The van der Waals surface area contributed by atoms with Crippen LogP contribution in [0.3, 0.4) is 0 Å². The zero-order chi connectivity index (χ0) is 14.4. The first kappa shape index (κ1) is 13.9. The third-order valence-corrected chi connectivity index (χ3v) is 6.13. The van der Waals surface area contributed by atoms with Gasteiger partial charge >= 0.3 is 0 Å². The fourth-order valence-corrected chi connectivity index (χ4v) is 4.59. The standard InChI is InChI=1S/C14H16ClNO3S/c15-12-3-1-11(2-4-12)14(6-7-14)16-13(17)10-5-8-20(18,19)9-10/h1-4,10H,5-9H2,(H,16,17)/t10-/m1/s1. The van der Waals surface area contributed by atoms with Gasteiger partial charge in [-0.2, -0.15) is 0 Å². The molecule has 2 fully saturated rings. The highest BCUT2D eigenvalue weighted by Crippen LogP contribution is 2.46. The van der Waals surface area contributed by atoms with E-state index in [9.17, 15) is 13.2 Å². The Morgan fingerprint density at radius 1 is 1.25 bits per heavy atom. The maximum atomic E-state index is 12.2. The molecule has 1 aliphatic carbocycles. The van der Waals surface area contributed by atoms with Crippen LogP contribution < -0.4 is 5.32 Å². The summed E-state index contributed by atoms with van der Waals surface area (Å²) in [5.74, 6) is -0.433. The molecule has 0 spiro atoms. The van der Waals surface area contributed by atoms with E-state index in [4.69, 9.17) is 11.6 Å². The van der Waals surface area contributed by atoms with Crippen LogP contribution in [-0.2, 0) is 20.2 Å². The smallest absolute Gasteiger partial charge is 0.224 e. The Bertz CT molecular complexity index is 635. The van der Waals surface area contributed by atoms with Gasteiger partial charge in [-0.1, -0.05) is 23.7 Å². The monoisotopic (exact) mass is 313 g/mol. The van der Waals surface area contributed by atoms with Gasteiger partial charge in [0, 0.05) is 5.02 Å². The molecule has 0 bridgehead atoms. The lowest BCUT2D eigenvalue weighted by Crippen LogP contribution is -2.39. The Hall–Kier alpha value is -1.07. The summed E-state index contributed by atoms with van der Waals surface area (Å²) in [7, 11) is -3.02. The van der Waals surface area contributed by atoms with E-state index in [2.05, 4.69) is 5.32 Å². The van der Waals surface area contributed by atoms with E-state index in [-0.39, 0.29) is 23.0 Å². The summed E-state index contributed by atoms with van der Waals surface area (Å²) in [6.45, 7) is 0. The molecule has 1 aliphatic heterocycles. The van der Waals surface area contributed by atoms with E-state index in [0.29, 0.717) is 11.4 Å². The van der Waals surface area contributed by atoms with Gasteiger partial charge in [-0.25, -0.2) is 8.42 Å². The number of amides is 1. The van der Waals surface area contributed by atoms with Gasteiger partial charge in [0.2, 0.25) is 5.91 Å². The minimum Gasteiger partial charge on any atom is -0.346 e. The molecular weight excluding hydrogens is 298 g/mol. The van der Waals surface area contributed by atoms with Crippen LogP contribution in [0.2, 0.25) is 5.02 Å². The Morgan fingerprint density at radius 2 is 1.90 bits per heavy atom. The van der Waals surface area contributed by atoms with Gasteiger partial charge in [-0.3, -0.25) is 4.79 Å². The Balaban J connectivity index is 1.71. The normalized spacial score (nSPS) is 26.1. The van der Waals surface area contributed by atoms with Gasteiger partial charge in [0.05, 0.1) is 23.0 Å². The van der Waals surface area contributed by atoms with Crippen LogP contribution in [-0.4, -0.2) is 25.8 Å². The summed E-state index contributed by atoms with van der Waals surface area (Å²) in [6.07, 6.45) is 2.21. The van der Waals surface area contributed by atoms with Crippen molar-refractivity contribution in [2.24, 2.45) is 5.92 Å². The molecule has 1 heterocycles. The van der Waals surface area contributed by atoms with Crippen LogP contribution in [0.15, 0.2) is 24.3 Å². The predicted molar refractivity (Wildman–Crippen MR) is 77.3 cm³/mol. The van der Waals surface area contributed by atoms with Crippen molar-refractivity contribution >= 4 is 27.3 Å². The van der Waals surface area contributed by atoms with Crippen molar-refractivity contribution in [1.29, 1.82) is 0 Å². The minimum atomic E-state index is -3.02. The molecule has 3 rings (SSSR count). The van der Waals surface area contributed by atoms with Crippen LogP contribution in [0.1, 0.15) is 24.8 Å². The molecule has 1 saturated carbocycles. The Kier molecular flexibility index (Phi) is 3.29. The van der Waals surface area contributed by atoms with Crippen molar-refractivity contribution in [3.63, 3.8) is 0 Å². The van der Waals surface area contributed by atoms with Crippen LogP contribution in [0.4, 0.5) is 0 Å². The largest absolute Gasteiger partial charge is 0.346 e. The second kappa shape index (κ2) is 4.74. The fourth-order valence-electron chi connectivity index (χ4n) is 2.72. The molecule has 1 amide bonds. The number of carbonyl (C=O) groups excluding carboxylic acids is 1. The molecule has 1 aromatic rings. The number of sulfone groups is 1. The van der Waals surface area contributed by atoms with E-state index < -0.39 is 15.8 Å². The van der Waals surface area contributed by atoms with Crippen molar-refractivity contribution < 1.29 is 13.2 Å². The average molecular weight is 314 g/mol. The second-order valence-corrected chi connectivity index (χ2v) is 8.34. The van der Waals surface area contributed by atoms with Crippen LogP contribution >= 0.6 is 11.6 Å². The van der Waals surface area contributed by atoms with Crippen LogP contribution in [0.25, 0.3) is 0 Å². The topological polar surface area (TPSA) is 63.2 Å². The molecule has 1 aromatic carbocycles. The van der Waals surface area contributed by atoms with Crippen LogP contribution in [0, 0.1) is 5.92 Å². The van der Waals surface area contributed by atoms with Gasteiger partial charge in [0.1, 0.15) is 0 Å². The molecule has 0 radical (unpaired) electrons. The van der Waals surface area contributed by atoms with Gasteiger partial charge in [0.25, 0.3) is 0 Å². The fraction of sp³-hybridized carbons (Fsp3) is 0.500. The summed E-state index contributed by atoms with van der Waals surface area (Å²) in [5.41, 5.74) is 0.727. The molecule has 0 unspecified atom stereocenters. The molecule has 4 nitrogen and oxygen atoms in total. The lowest BCUT2D eigenvalue weighted by molar-refractivity contribution is -0.125. The van der Waals surface area contributed by atoms with E-state index >= 15 is 0 Å². The highest BCUT2D eigenvalue weighted by atomic mass is 35.5. The van der Waals surface area contributed by atoms with Gasteiger partial charge in [-0.15, -0.1) is 0 Å². The summed E-state index contributed by atoms with van der Waals surface area (Å²) in [6, 6.07) is 7.45. The molecule has 6 heteroatoms. The van der Waals surface area contributed by atoms with Gasteiger partial charge < -0.3 is 5.32 Å². The number of hydrogen-bond acceptors (Lipinski definition) is 3. The zero-order valence-electron chi connectivity index (χ0n) is 10.9. The molecule has 20 heavy (non-hydrogen) atoms. The number of hydrogen-bond donors (Lipinski definition) is 1. The van der Waals surface area contributed by atoms with E-state index in [1.165, 1.54) is 0 Å². The number of nitrogens with one attached hydrogen (secondary N) is 1. The molecule has 1 N–H and O–H groups in total. The van der Waals surface area contributed by atoms with Crippen molar-refractivity contribution in [3.8, 4) is 0 Å². The van der Waals surface area contributed by atoms with E-state index in [1.807, 2.05) is 24.3 Å². The second-order valence-electron chi connectivity index (χ2n) is 5.68. The molecule has 0 aromatic heterocycles. The summed E-state index contributed by atoms with van der Waals surface area (Å²) in [4.78, 5) is 12.2. The molecular formula is C14H16ClNO3S. The quantitative estimate of drug-likeness (QED) is 0.926. The maximum Gasteiger partial charge on any atom is 0.224 e. The van der Waals surface area contributed by atoms with Crippen molar-refractivity contribution in [3.05, 3.63) is 34.9 Å². The van der Waals surface area contributed by atoms with E-state index in [1.54, 1.807) is 0 Å². The van der Waals surface area contributed by atoms with Crippen molar-refractivity contribution in [2.45, 2.75) is 24.8 Å². The van der Waals surface area contributed by atoms with Gasteiger partial charge in [0.15, 0.2) is 9.84 Å². The Labute approximate surface area is 123 Å². The van der Waals surface area contributed by atoms with Crippen molar-refractivity contribution in [2.75, 3.05) is 11.5 Å². The highest BCUT2D eigenvalue weighted by molar-refractivity contribution is 7.91. The first-order valence-corrected chi connectivity index (χ1v) is 8.89. The number of halogens is 1. The molecule has 2 aliphatic rings. The van der Waals surface area contributed by atoms with E-state index in [0.717, 1.165) is 18.4 Å². The molecule has 108 valence electrons. The Morgan fingerprint density at radius 3 is 2.40 bits per heavy atom. The lowest BCUT2D eigenvalue weighted by Gasteiger charge is -2.20. The SMILES string of the molecule is O=C(NC1(c2ccc(Cl)cc2)CC1)[C@@H]1CCS(=O)(=O)C1. The molecule has 1 atom stereocenters. The first-order chi connectivity index (χ1) is 9.40. The predicted octanol–water partition coefficient (Wildman–Crippen LogP) is 1.88. The van der Waals surface area contributed by atoms with Crippen molar-refractivity contribution in [1.82, 2.24) is 5.32 Å². The third kappa shape index (κ3) is 2.69. The third-order valence-electron chi connectivity index (χ3n) is 4.11. The average Bonchev–Trinajstić information content (AvgIpc) is 3.07. The lowest BCUT2D eigenvalue weighted by atomic mass is 10.0. The summed E-state index contributed by atoms with van der Waals surface area (Å²) < 4.78 is 22.9.